The smallest absolute Gasteiger partial charge is 0.462 e. The van der Waals surface area contributed by atoms with Gasteiger partial charge in [0.15, 0.2) is 6.10 Å². The number of hydrogen-bond donors (Lipinski definition) is 1. The zero-order valence-corrected chi connectivity index (χ0v) is 39.8. The van der Waals surface area contributed by atoms with Crippen molar-refractivity contribution in [3.63, 3.8) is 0 Å². The Labute approximate surface area is 368 Å². The molecule has 0 bridgehead atoms. The second-order valence-corrected chi connectivity index (χ2v) is 18.2. The second-order valence-electron chi connectivity index (χ2n) is 16.8. The average molecular weight is 863 g/mol. The lowest BCUT2D eigenvalue weighted by molar-refractivity contribution is -0.870. The zero-order chi connectivity index (χ0) is 44.3. The molecule has 9 nitrogen and oxygen atoms in total. The molecule has 0 aliphatic heterocycles. The molecule has 0 rings (SSSR count). The molecule has 0 aliphatic rings. The van der Waals surface area contributed by atoms with E-state index in [4.69, 9.17) is 18.5 Å². The van der Waals surface area contributed by atoms with Gasteiger partial charge in [-0.15, -0.1) is 0 Å². The van der Waals surface area contributed by atoms with E-state index in [1.54, 1.807) is 0 Å². The Kier molecular flexibility index (Phi) is 40.0. The number of rotatable bonds is 42. The molecule has 0 spiro atoms. The number of allylic oxidation sites excluding steroid dienone is 12. The lowest BCUT2D eigenvalue weighted by Gasteiger charge is -2.24. The molecule has 0 aromatic heterocycles. The van der Waals surface area contributed by atoms with Gasteiger partial charge in [-0.25, -0.2) is 4.57 Å². The first-order chi connectivity index (χ1) is 29.0. The van der Waals surface area contributed by atoms with Gasteiger partial charge < -0.3 is 18.9 Å². The van der Waals surface area contributed by atoms with Crippen molar-refractivity contribution in [1.82, 2.24) is 0 Å². The number of hydrogen-bond acceptors (Lipinski definition) is 7. The molecule has 0 saturated carbocycles. The van der Waals surface area contributed by atoms with Gasteiger partial charge in [-0.05, 0) is 64.2 Å². The van der Waals surface area contributed by atoms with E-state index in [1.807, 2.05) is 21.1 Å². The minimum Gasteiger partial charge on any atom is -0.462 e. The van der Waals surface area contributed by atoms with E-state index >= 15 is 0 Å². The zero-order valence-electron chi connectivity index (χ0n) is 38.9. The summed E-state index contributed by atoms with van der Waals surface area (Å²) in [7, 11) is 1.47. The summed E-state index contributed by atoms with van der Waals surface area (Å²) in [5.41, 5.74) is 0. The summed E-state index contributed by atoms with van der Waals surface area (Å²) in [4.78, 5) is 35.2. The van der Waals surface area contributed by atoms with Crippen LogP contribution in [-0.2, 0) is 32.7 Å². The fraction of sp³-hybridized carbons (Fsp3) is 0.720. The van der Waals surface area contributed by atoms with Crippen LogP contribution in [0.3, 0.4) is 0 Å². The molecule has 10 heteroatoms. The molecule has 1 N–H and O–H groups in total. The lowest BCUT2D eigenvalue weighted by atomic mass is 10.0. The quantitative estimate of drug-likeness (QED) is 0.0212. The maximum atomic E-state index is 12.7. The van der Waals surface area contributed by atoms with Gasteiger partial charge in [0.1, 0.15) is 19.8 Å². The Morgan fingerprint density at radius 3 is 1.42 bits per heavy atom. The van der Waals surface area contributed by atoms with E-state index in [2.05, 4.69) is 86.8 Å². The summed E-state index contributed by atoms with van der Waals surface area (Å²) in [6.45, 7) is 4.24. The third kappa shape index (κ3) is 45.0. The number of likely N-dealkylation sites (N-methyl/N-ethyl adjacent to an activating group) is 1. The van der Waals surface area contributed by atoms with Gasteiger partial charge in [0.05, 0.1) is 27.7 Å². The van der Waals surface area contributed by atoms with Crippen molar-refractivity contribution < 1.29 is 42.1 Å². The fourth-order valence-corrected chi connectivity index (χ4v) is 6.82. The van der Waals surface area contributed by atoms with Crippen molar-refractivity contribution in [1.29, 1.82) is 0 Å². The summed E-state index contributed by atoms with van der Waals surface area (Å²) in [5.74, 6) is -0.814. The van der Waals surface area contributed by atoms with Crippen LogP contribution in [0.5, 0.6) is 0 Å². The molecule has 0 fully saturated rings. The first kappa shape index (κ1) is 57.4. The number of unbranched alkanes of at least 4 members (excludes halogenated alkanes) is 16. The normalized spacial score (nSPS) is 14.2. The lowest BCUT2D eigenvalue weighted by Crippen LogP contribution is -2.37. The highest BCUT2D eigenvalue weighted by Gasteiger charge is 2.27. The van der Waals surface area contributed by atoms with Crippen LogP contribution < -0.4 is 0 Å². The van der Waals surface area contributed by atoms with Crippen molar-refractivity contribution in [2.24, 2.45) is 0 Å². The molecule has 2 atom stereocenters. The Hall–Kier alpha value is -2.55. The highest BCUT2D eigenvalue weighted by atomic mass is 31.2. The Morgan fingerprint density at radius 1 is 0.533 bits per heavy atom. The van der Waals surface area contributed by atoms with E-state index in [9.17, 15) is 19.0 Å². The number of carbonyl (C=O) groups excluding carboxylic acids is 2. The van der Waals surface area contributed by atoms with E-state index in [-0.39, 0.29) is 32.0 Å². The number of quaternary nitrogens is 1. The second kappa shape index (κ2) is 41.8. The molecule has 60 heavy (non-hydrogen) atoms. The Balaban J connectivity index is 4.11. The van der Waals surface area contributed by atoms with Crippen LogP contribution in [0.4, 0.5) is 0 Å². The van der Waals surface area contributed by atoms with Gasteiger partial charge in [-0.3, -0.25) is 18.6 Å². The van der Waals surface area contributed by atoms with Gasteiger partial charge in [0.2, 0.25) is 0 Å². The number of esters is 2. The summed E-state index contributed by atoms with van der Waals surface area (Å²) >= 11 is 0. The topological polar surface area (TPSA) is 108 Å². The largest absolute Gasteiger partial charge is 0.472 e. The van der Waals surface area contributed by atoms with Crippen LogP contribution in [0.1, 0.15) is 181 Å². The molecule has 346 valence electrons. The van der Waals surface area contributed by atoms with Crippen LogP contribution in [0.15, 0.2) is 72.9 Å². The van der Waals surface area contributed by atoms with Gasteiger partial charge >= 0.3 is 19.8 Å². The third-order valence-electron chi connectivity index (χ3n) is 9.75. The van der Waals surface area contributed by atoms with Crippen LogP contribution in [0, 0.1) is 0 Å². The van der Waals surface area contributed by atoms with E-state index in [1.165, 1.54) is 64.2 Å². The highest BCUT2D eigenvalue weighted by molar-refractivity contribution is 7.47. The summed E-state index contributed by atoms with van der Waals surface area (Å²) < 4.78 is 34.2. The predicted molar refractivity (Wildman–Crippen MR) is 252 cm³/mol. The van der Waals surface area contributed by atoms with Gasteiger partial charge in [-0.1, -0.05) is 177 Å². The van der Waals surface area contributed by atoms with Crippen LogP contribution >= 0.6 is 7.82 Å². The molecular weight excluding hydrogens is 774 g/mol. The first-order valence-electron chi connectivity index (χ1n) is 23.7. The van der Waals surface area contributed by atoms with E-state index < -0.39 is 26.5 Å². The highest BCUT2D eigenvalue weighted by Crippen LogP contribution is 2.43. The molecule has 0 aromatic rings. The maximum absolute atomic E-state index is 12.7. The van der Waals surface area contributed by atoms with Gasteiger partial charge in [0.25, 0.3) is 0 Å². The molecule has 0 aromatic carbocycles. The van der Waals surface area contributed by atoms with Crippen molar-refractivity contribution in [2.75, 3.05) is 47.5 Å². The SMILES string of the molecule is CC/C=C\C/C=C\C/C=C\C/C=C\C/C=C\C/C=C\CCCCCCCCCCCCC(=O)OC(COC(=O)CCCCCCCCC)COP(=O)(O)OCC[N+](C)(C)C. The molecule has 0 aliphatic carbocycles. The van der Waals surface area contributed by atoms with Gasteiger partial charge in [0, 0.05) is 12.8 Å². The van der Waals surface area contributed by atoms with E-state index in [0.717, 1.165) is 83.5 Å². The van der Waals surface area contributed by atoms with Crippen LogP contribution in [0.2, 0.25) is 0 Å². The van der Waals surface area contributed by atoms with E-state index in [0.29, 0.717) is 17.4 Å². The van der Waals surface area contributed by atoms with Gasteiger partial charge in [-0.2, -0.15) is 0 Å². The molecule has 0 radical (unpaired) electrons. The van der Waals surface area contributed by atoms with Crippen molar-refractivity contribution in [2.45, 2.75) is 187 Å². The molecule has 0 amide bonds. The minimum absolute atomic E-state index is 0.0287. The summed E-state index contributed by atoms with van der Waals surface area (Å²) in [6.07, 6.45) is 52.7. The Morgan fingerprint density at radius 2 is 0.950 bits per heavy atom. The van der Waals surface area contributed by atoms with Crippen LogP contribution in [0.25, 0.3) is 0 Å². The number of phosphoric acid groups is 1. The van der Waals surface area contributed by atoms with Crippen molar-refractivity contribution >= 4 is 19.8 Å². The molecule has 0 heterocycles. The molecule has 2 unspecified atom stereocenters. The first-order valence-corrected chi connectivity index (χ1v) is 25.2. The molecular formula is C50H89NO8P+. The standard InChI is InChI=1S/C50H88NO8P/c1-6-8-10-12-14-15-16-17-18-19-20-21-22-23-24-25-26-27-28-29-30-31-32-33-34-35-37-39-41-43-50(53)59-48(47-58-60(54,55)57-45-44-51(3,4)5)46-56-49(52)42-40-38-36-13-11-9-7-2/h8,10,14-15,17-18,20-21,23-24,26-27,48H,6-7,9,11-13,16,19,22,25,28-47H2,1-5H3/p+1/b10-8-,15-14-,18-17-,21-20-,24-23-,27-26-. The monoisotopic (exact) mass is 863 g/mol. The number of ether oxygens (including phenoxy) is 2. The maximum Gasteiger partial charge on any atom is 0.472 e. The number of carbonyl (C=O) groups is 2. The number of nitrogens with zero attached hydrogens (tertiary/aromatic N) is 1. The van der Waals surface area contributed by atoms with Crippen molar-refractivity contribution in [3.05, 3.63) is 72.9 Å². The minimum atomic E-state index is -4.37. The molecule has 0 saturated heterocycles. The fourth-order valence-electron chi connectivity index (χ4n) is 6.08. The van der Waals surface area contributed by atoms with Crippen LogP contribution in [-0.4, -0.2) is 74.9 Å². The van der Waals surface area contributed by atoms with Crippen molar-refractivity contribution in [3.8, 4) is 0 Å². The summed E-state index contributed by atoms with van der Waals surface area (Å²) in [6, 6.07) is 0. The summed E-state index contributed by atoms with van der Waals surface area (Å²) in [5, 5.41) is 0. The predicted octanol–water partition coefficient (Wildman–Crippen LogP) is 13.8. The average Bonchev–Trinajstić information content (AvgIpc) is 3.20. The third-order valence-corrected chi connectivity index (χ3v) is 10.7. The number of phosphoric ester groups is 1. The Bertz CT molecular complexity index is 1250.